The zero-order valence-corrected chi connectivity index (χ0v) is 10.5. The molecule has 0 aromatic carbocycles. The number of aryl methyl sites for hydroxylation is 1. The highest BCUT2D eigenvalue weighted by Gasteiger charge is 2.07. The van der Waals surface area contributed by atoms with Gasteiger partial charge in [0.25, 0.3) is 0 Å². The minimum absolute atomic E-state index is 0.553. The van der Waals surface area contributed by atoms with Crippen LogP contribution in [0.15, 0.2) is 12.7 Å². The predicted molar refractivity (Wildman–Crippen MR) is 64.7 cm³/mol. The van der Waals surface area contributed by atoms with Gasteiger partial charge in [-0.3, -0.25) is 0 Å². The van der Waals surface area contributed by atoms with E-state index in [-0.39, 0.29) is 0 Å². The van der Waals surface area contributed by atoms with E-state index in [1.807, 2.05) is 6.92 Å². The number of thiazole rings is 1. The molecule has 0 bridgehead atoms. The number of nitrogens with one attached hydrogen (secondary N) is 1. The number of nitrogens with zero attached hydrogens (tertiary/aromatic N) is 4. The minimum atomic E-state index is 0.553. The van der Waals surface area contributed by atoms with Crippen LogP contribution in [0.4, 0.5) is 5.95 Å². The molecule has 0 amide bonds. The molecule has 1 N–H and O–H groups in total. The normalized spacial score (nSPS) is 10.5. The average Bonchev–Trinajstić information content (AvgIpc) is 2.69. The van der Waals surface area contributed by atoms with Gasteiger partial charge in [0.2, 0.25) is 5.95 Å². The summed E-state index contributed by atoms with van der Waals surface area (Å²) >= 11 is 1.63. The topological polar surface area (TPSA) is 72.8 Å². The molecule has 6 nitrogen and oxygen atoms in total. The molecule has 0 saturated carbocycles. The summed E-state index contributed by atoms with van der Waals surface area (Å²) in [5.74, 6) is 0.570. The Balaban J connectivity index is 1.99. The van der Waals surface area contributed by atoms with Gasteiger partial charge in [-0.2, -0.15) is 0 Å². The van der Waals surface area contributed by atoms with E-state index >= 15 is 0 Å². The zero-order valence-electron chi connectivity index (χ0n) is 9.67. The number of aromatic nitrogens is 4. The SMILES string of the molecule is COCc1nc(C)c(CNc2ncncn2)s1. The van der Waals surface area contributed by atoms with Crippen molar-refractivity contribution in [1.82, 2.24) is 19.9 Å². The molecule has 0 saturated heterocycles. The standard InChI is InChI=1S/C10H13N5OS/c1-7-8(17-9(15-7)4-16-2)3-12-10-13-5-11-6-14-10/h5-6H,3-4H2,1-2H3,(H,11,12,13,14). The summed E-state index contributed by atoms with van der Waals surface area (Å²) < 4.78 is 5.05. The van der Waals surface area contributed by atoms with Gasteiger partial charge in [-0.15, -0.1) is 11.3 Å². The van der Waals surface area contributed by atoms with Gasteiger partial charge in [-0.25, -0.2) is 19.9 Å². The summed E-state index contributed by atoms with van der Waals surface area (Å²) in [7, 11) is 1.67. The maximum atomic E-state index is 5.05. The molecule has 90 valence electrons. The minimum Gasteiger partial charge on any atom is -0.378 e. The van der Waals surface area contributed by atoms with Crippen LogP contribution < -0.4 is 5.32 Å². The molecule has 17 heavy (non-hydrogen) atoms. The van der Waals surface area contributed by atoms with Crippen molar-refractivity contribution in [1.29, 1.82) is 0 Å². The molecule has 2 heterocycles. The van der Waals surface area contributed by atoms with Gasteiger partial charge >= 0.3 is 0 Å². The van der Waals surface area contributed by atoms with E-state index in [0.29, 0.717) is 19.1 Å². The Labute approximate surface area is 103 Å². The molecule has 0 radical (unpaired) electrons. The van der Waals surface area contributed by atoms with E-state index < -0.39 is 0 Å². The van der Waals surface area contributed by atoms with E-state index in [1.165, 1.54) is 12.7 Å². The first-order chi connectivity index (χ1) is 8.29. The summed E-state index contributed by atoms with van der Waals surface area (Å²) in [6.45, 7) is 3.20. The molecule has 0 aliphatic carbocycles. The van der Waals surface area contributed by atoms with Crippen LogP contribution in [0.1, 0.15) is 15.6 Å². The van der Waals surface area contributed by atoms with Crippen LogP contribution in [0.5, 0.6) is 0 Å². The van der Waals surface area contributed by atoms with Gasteiger partial charge in [0, 0.05) is 12.0 Å². The highest BCUT2D eigenvalue weighted by atomic mass is 32.1. The lowest BCUT2D eigenvalue weighted by molar-refractivity contribution is 0.184. The van der Waals surface area contributed by atoms with Crippen molar-refractivity contribution < 1.29 is 4.74 Å². The third kappa shape index (κ3) is 3.18. The maximum absolute atomic E-state index is 5.05. The Kier molecular flexibility index (Phi) is 3.94. The Morgan fingerprint density at radius 1 is 1.35 bits per heavy atom. The first-order valence-electron chi connectivity index (χ1n) is 5.09. The van der Waals surface area contributed by atoms with Crippen LogP contribution >= 0.6 is 11.3 Å². The summed E-state index contributed by atoms with van der Waals surface area (Å²) in [5, 5.41) is 4.11. The van der Waals surface area contributed by atoms with Gasteiger partial charge < -0.3 is 10.1 Å². The lowest BCUT2D eigenvalue weighted by Gasteiger charge is -2.01. The number of hydrogen-bond donors (Lipinski definition) is 1. The second-order valence-corrected chi connectivity index (χ2v) is 4.53. The first kappa shape index (κ1) is 11.9. The molecule has 7 heteroatoms. The molecular weight excluding hydrogens is 238 g/mol. The molecule has 2 rings (SSSR count). The maximum Gasteiger partial charge on any atom is 0.225 e. The number of rotatable bonds is 5. The molecule has 2 aromatic heterocycles. The Morgan fingerprint density at radius 2 is 2.12 bits per heavy atom. The first-order valence-corrected chi connectivity index (χ1v) is 5.91. The Hall–Kier alpha value is -1.60. The van der Waals surface area contributed by atoms with Crippen molar-refractivity contribution in [3.8, 4) is 0 Å². The number of anilines is 1. The van der Waals surface area contributed by atoms with E-state index in [0.717, 1.165) is 15.6 Å². The molecule has 0 aliphatic rings. The highest BCUT2D eigenvalue weighted by molar-refractivity contribution is 7.11. The van der Waals surface area contributed by atoms with Crippen molar-refractivity contribution in [2.75, 3.05) is 12.4 Å². The van der Waals surface area contributed by atoms with E-state index in [1.54, 1.807) is 18.4 Å². The van der Waals surface area contributed by atoms with Gasteiger partial charge in [0.1, 0.15) is 17.7 Å². The monoisotopic (exact) mass is 251 g/mol. The van der Waals surface area contributed by atoms with Crippen molar-refractivity contribution in [2.24, 2.45) is 0 Å². The molecule has 2 aromatic rings. The third-order valence-electron chi connectivity index (χ3n) is 2.11. The second kappa shape index (κ2) is 5.65. The molecule has 0 aliphatic heterocycles. The smallest absolute Gasteiger partial charge is 0.225 e. The summed E-state index contributed by atoms with van der Waals surface area (Å²) in [6.07, 6.45) is 2.93. The molecular formula is C10H13N5OS. The van der Waals surface area contributed by atoms with Crippen LogP contribution in [-0.4, -0.2) is 27.0 Å². The average molecular weight is 251 g/mol. The molecule has 0 atom stereocenters. The van der Waals surface area contributed by atoms with Crippen LogP contribution in [0, 0.1) is 6.92 Å². The predicted octanol–water partition coefficient (Wildman–Crippen LogP) is 1.40. The summed E-state index contributed by atoms with van der Waals surface area (Å²) in [5.41, 5.74) is 1.02. The summed E-state index contributed by atoms with van der Waals surface area (Å²) in [6, 6.07) is 0. The Morgan fingerprint density at radius 3 is 2.82 bits per heavy atom. The van der Waals surface area contributed by atoms with E-state index in [2.05, 4.69) is 25.3 Å². The fourth-order valence-corrected chi connectivity index (χ4v) is 2.31. The van der Waals surface area contributed by atoms with Gasteiger partial charge in [0.05, 0.1) is 18.8 Å². The van der Waals surface area contributed by atoms with Gasteiger partial charge in [-0.1, -0.05) is 0 Å². The van der Waals surface area contributed by atoms with Crippen LogP contribution in [0.25, 0.3) is 0 Å². The van der Waals surface area contributed by atoms with Crippen molar-refractivity contribution >= 4 is 17.3 Å². The quantitative estimate of drug-likeness (QED) is 0.865. The van der Waals surface area contributed by atoms with Crippen LogP contribution in [-0.2, 0) is 17.9 Å². The fourth-order valence-electron chi connectivity index (χ4n) is 1.33. The largest absolute Gasteiger partial charge is 0.378 e. The molecule has 0 unspecified atom stereocenters. The van der Waals surface area contributed by atoms with Crippen LogP contribution in [0.2, 0.25) is 0 Å². The Bertz CT molecular complexity index is 473. The third-order valence-corrected chi connectivity index (χ3v) is 3.24. The van der Waals surface area contributed by atoms with Crippen molar-refractivity contribution in [3.05, 3.63) is 28.2 Å². The van der Waals surface area contributed by atoms with Gasteiger partial charge in [0.15, 0.2) is 0 Å². The summed E-state index contributed by atoms with van der Waals surface area (Å²) in [4.78, 5) is 17.3. The zero-order chi connectivity index (χ0) is 12.1. The van der Waals surface area contributed by atoms with Crippen LogP contribution in [0.3, 0.4) is 0 Å². The second-order valence-electron chi connectivity index (χ2n) is 3.36. The van der Waals surface area contributed by atoms with Crippen molar-refractivity contribution in [3.63, 3.8) is 0 Å². The van der Waals surface area contributed by atoms with Gasteiger partial charge in [-0.05, 0) is 6.92 Å². The van der Waals surface area contributed by atoms with E-state index in [9.17, 15) is 0 Å². The number of methoxy groups -OCH3 is 1. The lowest BCUT2D eigenvalue weighted by Crippen LogP contribution is -2.03. The molecule has 0 spiro atoms. The number of hydrogen-bond acceptors (Lipinski definition) is 7. The lowest BCUT2D eigenvalue weighted by atomic mass is 10.4. The van der Waals surface area contributed by atoms with Crippen molar-refractivity contribution in [2.45, 2.75) is 20.1 Å². The van der Waals surface area contributed by atoms with E-state index in [4.69, 9.17) is 4.74 Å². The molecule has 0 fully saturated rings. The number of ether oxygens (including phenoxy) is 1. The fraction of sp³-hybridized carbons (Fsp3) is 0.400. The highest BCUT2D eigenvalue weighted by Crippen LogP contribution is 2.19.